The number of para-hydroxylation sites is 1. The molecule has 1 amide bonds. The van der Waals surface area contributed by atoms with E-state index in [1.165, 1.54) is 18.9 Å². The van der Waals surface area contributed by atoms with E-state index in [0.717, 1.165) is 5.69 Å². The number of hydrogen-bond donors (Lipinski definition) is 1. The average molecular weight is 545 g/mol. The third kappa shape index (κ3) is 6.23. The Bertz CT molecular complexity index is 1350. The number of nitrogens with zero attached hydrogens (tertiary/aromatic N) is 3. The molecule has 0 saturated carbocycles. The first-order valence-electron chi connectivity index (χ1n) is 10.7. The van der Waals surface area contributed by atoms with Gasteiger partial charge in [-0.3, -0.25) is 9.36 Å². The number of thioether (sulfide) groups is 1. The summed E-state index contributed by atoms with van der Waals surface area (Å²) in [5.41, 5.74) is 1.36. The van der Waals surface area contributed by atoms with Crippen LogP contribution in [0.1, 0.15) is 5.82 Å². The lowest BCUT2D eigenvalue weighted by Crippen LogP contribution is -2.15. The molecule has 1 aromatic heterocycles. The first kappa shape index (κ1) is 25.7. The van der Waals surface area contributed by atoms with Crippen LogP contribution in [0.4, 0.5) is 5.69 Å². The van der Waals surface area contributed by atoms with Crippen LogP contribution in [0.3, 0.4) is 0 Å². The molecular weight excluding hydrogens is 523 g/mol. The van der Waals surface area contributed by atoms with Gasteiger partial charge < -0.3 is 19.5 Å². The van der Waals surface area contributed by atoms with Crippen molar-refractivity contribution in [3.05, 3.63) is 82.6 Å². The molecule has 0 saturated heterocycles. The Hall–Kier alpha value is -3.40. The predicted molar refractivity (Wildman–Crippen MR) is 141 cm³/mol. The number of rotatable bonds is 10. The monoisotopic (exact) mass is 544 g/mol. The molecule has 4 rings (SSSR count). The molecule has 0 fully saturated rings. The highest BCUT2D eigenvalue weighted by Crippen LogP contribution is 2.30. The number of carbonyl (C=O) groups is 1. The van der Waals surface area contributed by atoms with Crippen LogP contribution < -0.4 is 19.5 Å². The molecular formula is C25H22Cl2N4O4S. The van der Waals surface area contributed by atoms with E-state index in [4.69, 9.17) is 37.4 Å². The van der Waals surface area contributed by atoms with Gasteiger partial charge in [-0.15, -0.1) is 10.2 Å². The maximum absolute atomic E-state index is 12.7. The number of nitrogens with one attached hydrogen (secondary N) is 1. The molecule has 0 aliphatic carbocycles. The van der Waals surface area contributed by atoms with Crippen LogP contribution in [-0.4, -0.2) is 40.6 Å². The number of halogens is 2. The smallest absolute Gasteiger partial charge is 0.234 e. The van der Waals surface area contributed by atoms with E-state index in [1.54, 1.807) is 43.5 Å². The van der Waals surface area contributed by atoms with Gasteiger partial charge in [-0.05, 0) is 36.4 Å². The number of aromatic nitrogens is 3. The largest absolute Gasteiger partial charge is 0.497 e. The standard InChI is InChI=1S/C25H22Cl2N4O4S/c1-33-17-9-11-22(34-2)21(13-17)28-24(32)15-36-25-30-29-23(31(25)16-6-4-3-5-7-16)14-35-18-8-10-19(26)20(27)12-18/h3-13H,14-15H2,1-2H3,(H,28,32). The molecule has 1 heterocycles. The van der Waals surface area contributed by atoms with E-state index in [2.05, 4.69) is 15.5 Å². The van der Waals surface area contributed by atoms with Gasteiger partial charge in [0.25, 0.3) is 0 Å². The van der Waals surface area contributed by atoms with E-state index in [1.807, 2.05) is 34.9 Å². The number of ether oxygens (including phenoxy) is 3. The average Bonchev–Trinajstić information content (AvgIpc) is 3.31. The van der Waals surface area contributed by atoms with Crippen LogP contribution in [0.2, 0.25) is 10.0 Å². The number of carbonyl (C=O) groups excluding carboxylic acids is 1. The van der Waals surface area contributed by atoms with Crippen LogP contribution >= 0.6 is 35.0 Å². The van der Waals surface area contributed by atoms with Crippen LogP contribution in [0.15, 0.2) is 71.9 Å². The quantitative estimate of drug-likeness (QED) is 0.248. The Labute approximate surface area is 222 Å². The maximum atomic E-state index is 12.7. The molecule has 36 heavy (non-hydrogen) atoms. The summed E-state index contributed by atoms with van der Waals surface area (Å²) in [6, 6.07) is 19.8. The predicted octanol–water partition coefficient (Wildman–Crippen LogP) is 5.90. The van der Waals surface area contributed by atoms with Crippen molar-refractivity contribution < 1.29 is 19.0 Å². The van der Waals surface area contributed by atoms with Gasteiger partial charge in [-0.25, -0.2) is 0 Å². The molecule has 186 valence electrons. The van der Waals surface area contributed by atoms with Gasteiger partial charge in [0.15, 0.2) is 11.0 Å². The highest BCUT2D eigenvalue weighted by Gasteiger charge is 2.17. The topological polar surface area (TPSA) is 87.5 Å². The van der Waals surface area contributed by atoms with Gasteiger partial charge in [0, 0.05) is 17.8 Å². The minimum absolute atomic E-state index is 0.0962. The van der Waals surface area contributed by atoms with Crippen LogP contribution in [-0.2, 0) is 11.4 Å². The van der Waals surface area contributed by atoms with Crippen molar-refractivity contribution in [1.82, 2.24) is 14.8 Å². The fourth-order valence-electron chi connectivity index (χ4n) is 3.27. The van der Waals surface area contributed by atoms with Crippen molar-refractivity contribution in [3.8, 4) is 22.9 Å². The first-order chi connectivity index (χ1) is 17.5. The van der Waals surface area contributed by atoms with Crippen molar-refractivity contribution in [2.24, 2.45) is 0 Å². The second-order valence-corrected chi connectivity index (χ2v) is 9.09. The number of benzene rings is 3. The second kappa shape index (κ2) is 12.0. The summed E-state index contributed by atoms with van der Waals surface area (Å²) in [7, 11) is 3.10. The molecule has 0 aliphatic heterocycles. The lowest BCUT2D eigenvalue weighted by atomic mass is 10.2. The molecule has 4 aromatic rings. The summed E-state index contributed by atoms with van der Waals surface area (Å²) in [6.45, 7) is 0.133. The van der Waals surface area contributed by atoms with Crippen molar-refractivity contribution in [1.29, 1.82) is 0 Å². The minimum Gasteiger partial charge on any atom is -0.497 e. The fraction of sp³-hybridized carbons (Fsp3) is 0.160. The second-order valence-electron chi connectivity index (χ2n) is 7.34. The first-order valence-corrected chi connectivity index (χ1v) is 12.4. The molecule has 0 unspecified atom stereocenters. The molecule has 0 bridgehead atoms. The van der Waals surface area contributed by atoms with Crippen molar-refractivity contribution in [2.75, 3.05) is 25.3 Å². The zero-order valence-electron chi connectivity index (χ0n) is 19.4. The van der Waals surface area contributed by atoms with E-state index >= 15 is 0 Å². The Morgan fingerprint density at radius 2 is 1.72 bits per heavy atom. The summed E-state index contributed by atoms with van der Waals surface area (Å²) in [5.74, 6) is 2.11. The third-order valence-electron chi connectivity index (χ3n) is 4.99. The molecule has 0 atom stereocenters. The normalized spacial score (nSPS) is 10.7. The third-order valence-corrected chi connectivity index (χ3v) is 6.65. The molecule has 0 aliphatic rings. The highest BCUT2D eigenvalue weighted by atomic mass is 35.5. The van der Waals surface area contributed by atoms with E-state index in [9.17, 15) is 4.79 Å². The minimum atomic E-state index is -0.234. The highest BCUT2D eigenvalue weighted by molar-refractivity contribution is 7.99. The van der Waals surface area contributed by atoms with Gasteiger partial charge >= 0.3 is 0 Å². The van der Waals surface area contributed by atoms with Gasteiger partial charge in [0.05, 0.1) is 35.7 Å². The molecule has 1 N–H and O–H groups in total. The Morgan fingerprint density at radius 1 is 0.944 bits per heavy atom. The van der Waals surface area contributed by atoms with Gasteiger partial charge in [0.1, 0.15) is 23.9 Å². The lowest BCUT2D eigenvalue weighted by molar-refractivity contribution is -0.113. The fourth-order valence-corrected chi connectivity index (χ4v) is 4.33. The Balaban J connectivity index is 1.50. The van der Waals surface area contributed by atoms with E-state index < -0.39 is 0 Å². The van der Waals surface area contributed by atoms with E-state index in [0.29, 0.717) is 44.0 Å². The lowest BCUT2D eigenvalue weighted by Gasteiger charge is -2.13. The molecule has 8 nitrogen and oxygen atoms in total. The molecule has 3 aromatic carbocycles. The maximum Gasteiger partial charge on any atom is 0.234 e. The van der Waals surface area contributed by atoms with Crippen LogP contribution in [0, 0.1) is 0 Å². The SMILES string of the molecule is COc1ccc(OC)c(NC(=O)CSc2nnc(COc3ccc(Cl)c(Cl)c3)n2-c2ccccc2)c1. The van der Waals surface area contributed by atoms with Gasteiger partial charge in [-0.2, -0.15) is 0 Å². The van der Waals surface area contributed by atoms with Gasteiger partial charge in [-0.1, -0.05) is 53.2 Å². The molecule has 0 radical (unpaired) electrons. The number of methoxy groups -OCH3 is 2. The van der Waals surface area contributed by atoms with Crippen molar-refractivity contribution in [2.45, 2.75) is 11.8 Å². The van der Waals surface area contributed by atoms with E-state index in [-0.39, 0.29) is 18.3 Å². The summed E-state index contributed by atoms with van der Waals surface area (Å²) in [4.78, 5) is 12.7. The summed E-state index contributed by atoms with van der Waals surface area (Å²) in [5, 5.41) is 12.8. The number of anilines is 1. The number of amides is 1. The number of hydrogen-bond acceptors (Lipinski definition) is 7. The summed E-state index contributed by atoms with van der Waals surface area (Å²) < 4.78 is 18.3. The zero-order valence-corrected chi connectivity index (χ0v) is 21.7. The molecule has 0 spiro atoms. The van der Waals surface area contributed by atoms with Crippen LogP contribution in [0.5, 0.6) is 17.2 Å². The molecule has 11 heteroatoms. The Morgan fingerprint density at radius 3 is 2.44 bits per heavy atom. The zero-order chi connectivity index (χ0) is 25.5. The summed E-state index contributed by atoms with van der Waals surface area (Å²) in [6.07, 6.45) is 0. The Kier molecular flexibility index (Phi) is 8.58. The summed E-state index contributed by atoms with van der Waals surface area (Å²) >= 11 is 13.3. The van der Waals surface area contributed by atoms with Crippen molar-refractivity contribution >= 4 is 46.6 Å². The van der Waals surface area contributed by atoms with Gasteiger partial charge in [0.2, 0.25) is 5.91 Å². The van der Waals surface area contributed by atoms with Crippen LogP contribution in [0.25, 0.3) is 5.69 Å². The van der Waals surface area contributed by atoms with Crippen molar-refractivity contribution in [3.63, 3.8) is 0 Å².